The van der Waals surface area contributed by atoms with Gasteiger partial charge in [-0.15, -0.1) is 0 Å². The summed E-state index contributed by atoms with van der Waals surface area (Å²) in [5, 5.41) is 0.759. The molecule has 2 heteroatoms. The van der Waals surface area contributed by atoms with Gasteiger partial charge in [0.15, 0.2) is 0 Å². The van der Waals surface area contributed by atoms with Gasteiger partial charge in [0.2, 0.25) is 0 Å². The van der Waals surface area contributed by atoms with Gasteiger partial charge in [-0.2, -0.15) is 0 Å². The Labute approximate surface area is 71.5 Å². The van der Waals surface area contributed by atoms with Gasteiger partial charge in [-0.25, -0.2) is 0 Å². The summed E-state index contributed by atoms with van der Waals surface area (Å²) >= 11 is 5.70. The lowest BCUT2D eigenvalue weighted by atomic mass is 10.2. The van der Waals surface area contributed by atoms with Crippen LogP contribution in [-0.2, 0) is 0 Å². The maximum Gasteiger partial charge on any atom is 0.0406 e. The summed E-state index contributed by atoms with van der Waals surface area (Å²) in [7, 11) is 0. The lowest BCUT2D eigenvalue weighted by Gasteiger charge is -1.91. The third kappa shape index (κ3) is 2.74. The van der Waals surface area contributed by atoms with E-state index in [-0.39, 0.29) is 0 Å². The fourth-order valence-corrected chi connectivity index (χ4v) is 0.904. The molecule has 0 atom stereocenters. The maximum absolute atomic E-state index is 5.70. The Kier molecular flexibility index (Phi) is 3.14. The van der Waals surface area contributed by atoms with Crippen LogP contribution in [0.2, 0.25) is 5.02 Å². The minimum atomic E-state index is 0.572. The zero-order valence-corrected chi connectivity index (χ0v) is 6.88. The second-order valence-electron chi connectivity index (χ2n) is 2.19. The van der Waals surface area contributed by atoms with Gasteiger partial charge in [0.05, 0.1) is 0 Å². The SMILES string of the molecule is NC/C=C\c1ccc(Cl)cc1. The van der Waals surface area contributed by atoms with Crippen LogP contribution in [-0.4, -0.2) is 6.54 Å². The number of halogens is 1. The van der Waals surface area contributed by atoms with Gasteiger partial charge in [-0.05, 0) is 17.7 Å². The van der Waals surface area contributed by atoms with Crippen LogP contribution < -0.4 is 5.73 Å². The van der Waals surface area contributed by atoms with Crippen molar-refractivity contribution in [1.29, 1.82) is 0 Å². The monoisotopic (exact) mass is 167 g/mol. The third-order valence-electron chi connectivity index (χ3n) is 1.32. The molecule has 0 spiro atoms. The summed E-state index contributed by atoms with van der Waals surface area (Å²) < 4.78 is 0. The third-order valence-corrected chi connectivity index (χ3v) is 1.57. The highest BCUT2D eigenvalue weighted by Crippen LogP contribution is 2.10. The van der Waals surface area contributed by atoms with Crippen LogP contribution in [0.15, 0.2) is 30.3 Å². The maximum atomic E-state index is 5.70. The Balaban J connectivity index is 2.73. The van der Waals surface area contributed by atoms with E-state index in [0.29, 0.717) is 6.54 Å². The first-order chi connectivity index (χ1) is 5.33. The molecule has 0 saturated heterocycles. The van der Waals surface area contributed by atoms with Gasteiger partial charge in [0, 0.05) is 11.6 Å². The number of hydrogen-bond donors (Lipinski definition) is 1. The van der Waals surface area contributed by atoms with Crippen LogP contribution in [0.25, 0.3) is 6.08 Å². The molecule has 0 radical (unpaired) electrons. The smallest absolute Gasteiger partial charge is 0.0406 e. The van der Waals surface area contributed by atoms with Crippen molar-refractivity contribution >= 4 is 17.7 Å². The molecule has 0 aliphatic rings. The van der Waals surface area contributed by atoms with Gasteiger partial charge in [0.25, 0.3) is 0 Å². The van der Waals surface area contributed by atoms with Crippen molar-refractivity contribution in [1.82, 2.24) is 0 Å². The molecule has 0 fully saturated rings. The molecule has 0 saturated carbocycles. The van der Waals surface area contributed by atoms with Gasteiger partial charge in [-0.3, -0.25) is 0 Å². The molecule has 1 aromatic rings. The fourth-order valence-electron chi connectivity index (χ4n) is 0.778. The summed E-state index contributed by atoms with van der Waals surface area (Å²) in [5.74, 6) is 0. The van der Waals surface area contributed by atoms with Crippen LogP contribution in [0.3, 0.4) is 0 Å². The molecule has 2 N–H and O–H groups in total. The van der Waals surface area contributed by atoms with Crippen molar-refractivity contribution in [3.63, 3.8) is 0 Å². The minimum absolute atomic E-state index is 0.572. The van der Waals surface area contributed by atoms with E-state index in [9.17, 15) is 0 Å². The Morgan fingerprint density at radius 1 is 1.27 bits per heavy atom. The van der Waals surface area contributed by atoms with Crippen LogP contribution in [0, 0.1) is 0 Å². The number of hydrogen-bond acceptors (Lipinski definition) is 1. The van der Waals surface area contributed by atoms with Crippen molar-refractivity contribution in [2.24, 2.45) is 5.73 Å². The van der Waals surface area contributed by atoms with E-state index in [4.69, 9.17) is 17.3 Å². The summed E-state index contributed by atoms with van der Waals surface area (Å²) in [6, 6.07) is 7.62. The number of benzene rings is 1. The standard InChI is InChI=1S/C9H10ClN/c10-9-5-3-8(4-6-9)2-1-7-11/h1-6H,7,11H2/b2-1-. The zero-order valence-electron chi connectivity index (χ0n) is 6.13. The fraction of sp³-hybridized carbons (Fsp3) is 0.111. The van der Waals surface area contributed by atoms with E-state index in [1.165, 1.54) is 0 Å². The first kappa shape index (κ1) is 8.31. The van der Waals surface area contributed by atoms with Crippen LogP contribution >= 0.6 is 11.6 Å². The van der Waals surface area contributed by atoms with Crippen molar-refractivity contribution in [3.05, 3.63) is 40.9 Å². The molecule has 1 rings (SSSR count). The second-order valence-corrected chi connectivity index (χ2v) is 2.63. The number of nitrogens with two attached hydrogens (primary N) is 1. The summed E-state index contributed by atoms with van der Waals surface area (Å²) in [6.07, 6.45) is 3.87. The van der Waals surface area contributed by atoms with Crippen molar-refractivity contribution in [2.75, 3.05) is 6.54 Å². The lowest BCUT2D eigenvalue weighted by molar-refractivity contribution is 1.26. The van der Waals surface area contributed by atoms with Gasteiger partial charge in [-0.1, -0.05) is 35.9 Å². The predicted octanol–water partition coefficient (Wildman–Crippen LogP) is 2.31. The topological polar surface area (TPSA) is 26.0 Å². The summed E-state index contributed by atoms with van der Waals surface area (Å²) in [6.45, 7) is 0.572. The molecule has 1 nitrogen and oxygen atoms in total. The van der Waals surface area contributed by atoms with Gasteiger partial charge < -0.3 is 5.73 Å². The van der Waals surface area contributed by atoms with Crippen molar-refractivity contribution in [3.8, 4) is 0 Å². The minimum Gasteiger partial charge on any atom is -0.327 e. The molecule has 0 aromatic heterocycles. The molecule has 0 aliphatic heterocycles. The molecule has 1 aromatic carbocycles. The van der Waals surface area contributed by atoms with E-state index in [2.05, 4.69) is 0 Å². The average molecular weight is 168 g/mol. The highest BCUT2D eigenvalue weighted by molar-refractivity contribution is 6.30. The predicted molar refractivity (Wildman–Crippen MR) is 49.5 cm³/mol. The molecule has 0 aliphatic carbocycles. The number of rotatable bonds is 2. The molecule has 0 amide bonds. The van der Waals surface area contributed by atoms with E-state index in [0.717, 1.165) is 10.6 Å². The van der Waals surface area contributed by atoms with E-state index in [1.54, 1.807) is 0 Å². The van der Waals surface area contributed by atoms with E-state index < -0.39 is 0 Å². The highest BCUT2D eigenvalue weighted by Gasteiger charge is 1.85. The molecule has 11 heavy (non-hydrogen) atoms. The first-order valence-electron chi connectivity index (χ1n) is 3.45. The highest BCUT2D eigenvalue weighted by atomic mass is 35.5. The van der Waals surface area contributed by atoms with Crippen molar-refractivity contribution < 1.29 is 0 Å². The Hall–Kier alpha value is -0.790. The van der Waals surface area contributed by atoms with Gasteiger partial charge in [0.1, 0.15) is 0 Å². The average Bonchev–Trinajstić information content (AvgIpc) is 2.04. The molecule has 0 bridgehead atoms. The van der Waals surface area contributed by atoms with E-state index in [1.807, 2.05) is 36.4 Å². The van der Waals surface area contributed by atoms with E-state index >= 15 is 0 Å². The molecule has 0 heterocycles. The van der Waals surface area contributed by atoms with Crippen LogP contribution in [0.1, 0.15) is 5.56 Å². The Morgan fingerprint density at radius 2 is 1.91 bits per heavy atom. The first-order valence-corrected chi connectivity index (χ1v) is 3.83. The largest absolute Gasteiger partial charge is 0.327 e. The molecular formula is C9H10ClN. The van der Waals surface area contributed by atoms with Gasteiger partial charge >= 0.3 is 0 Å². The zero-order chi connectivity index (χ0) is 8.10. The molecule has 58 valence electrons. The summed E-state index contributed by atoms with van der Waals surface area (Å²) in [5.41, 5.74) is 6.42. The normalized spacial score (nSPS) is 10.7. The Bertz CT molecular complexity index is 238. The Morgan fingerprint density at radius 3 is 2.45 bits per heavy atom. The van der Waals surface area contributed by atoms with Crippen LogP contribution in [0.4, 0.5) is 0 Å². The quantitative estimate of drug-likeness (QED) is 0.719. The summed E-state index contributed by atoms with van der Waals surface area (Å²) in [4.78, 5) is 0. The molecule has 0 unspecified atom stereocenters. The molecular weight excluding hydrogens is 158 g/mol. The second kappa shape index (κ2) is 4.16. The lowest BCUT2D eigenvalue weighted by Crippen LogP contribution is -1.91. The van der Waals surface area contributed by atoms with Crippen LogP contribution in [0.5, 0.6) is 0 Å². The van der Waals surface area contributed by atoms with Crippen molar-refractivity contribution in [2.45, 2.75) is 0 Å².